The molecule has 0 aliphatic heterocycles. The largest absolute Gasteiger partial charge is 0.507 e. The Balaban J connectivity index is 1.93. The van der Waals surface area contributed by atoms with Crippen molar-refractivity contribution in [2.75, 3.05) is 0 Å². The van der Waals surface area contributed by atoms with Crippen molar-refractivity contribution in [3.63, 3.8) is 0 Å². The van der Waals surface area contributed by atoms with Crippen molar-refractivity contribution in [1.29, 1.82) is 0 Å². The Kier molecular flexibility index (Phi) is 8.36. The summed E-state index contributed by atoms with van der Waals surface area (Å²) in [6.45, 7) is 21.9. The second-order valence-corrected chi connectivity index (χ2v) is 13.6. The maximum atomic E-state index is 11.3. The molecule has 212 valence electrons. The summed E-state index contributed by atoms with van der Waals surface area (Å²) >= 11 is 0. The minimum absolute atomic E-state index is 0.212. The summed E-state index contributed by atoms with van der Waals surface area (Å²) < 4.78 is 0. The van der Waals surface area contributed by atoms with Gasteiger partial charge in [-0.25, -0.2) is 4.98 Å². The molecule has 4 aromatic rings. The molecule has 2 N–H and O–H groups in total. The van der Waals surface area contributed by atoms with Crippen LogP contribution in [0, 0.1) is 0 Å². The molecule has 0 aliphatic carbocycles. The van der Waals surface area contributed by atoms with E-state index in [2.05, 4.69) is 135 Å². The first-order valence-electron chi connectivity index (χ1n) is 14.9. The molecule has 2 unspecified atom stereocenters. The van der Waals surface area contributed by atoms with Crippen LogP contribution in [0.5, 0.6) is 5.75 Å². The number of aromatic hydroxyl groups is 1. The van der Waals surface area contributed by atoms with Gasteiger partial charge in [-0.05, 0) is 58.8 Å². The highest BCUT2D eigenvalue weighted by Gasteiger charge is 2.28. The third kappa shape index (κ3) is 6.04. The minimum Gasteiger partial charge on any atom is -0.507 e. The highest BCUT2D eigenvalue weighted by atomic mass is 16.3. The first kappa shape index (κ1) is 29.6. The van der Waals surface area contributed by atoms with Gasteiger partial charge in [-0.3, -0.25) is 0 Å². The SMILES string of the molecule is CCC(C)c1ccc(-c2nc(-c3cc(C(C)(C)C)c(O)c(C(C)(C)C)c3)[nH]c2-c2ccc(C(C)CC)cc2)cc1. The molecular formula is C37H48N2O. The number of nitrogens with zero attached hydrogens (tertiary/aromatic N) is 1. The molecule has 3 nitrogen and oxygen atoms in total. The summed E-state index contributed by atoms with van der Waals surface area (Å²) in [4.78, 5) is 8.94. The molecule has 0 aliphatic rings. The number of hydrogen-bond acceptors (Lipinski definition) is 2. The van der Waals surface area contributed by atoms with Gasteiger partial charge in [-0.1, -0.05) is 118 Å². The average molecular weight is 537 g/mol. The Morgan fingerprint density at radius 1 is 0.675 bits per heavy atom. The molecule has 2 atom stereocenters. The van der Waals surface area contributed by atoms with Crippen LogP contribution in [-0.2, 0) is 10.8 Å². The summed E-state index contributed by atoms with van der Waals surface area (Å²) in [7, 11) is 0. The molecule has 0 fully saturated rings. The van der Waals surface area contributed by atoms with Crippen LogP contribution in [0.4, 0.5) is 0 Å². The molecular weight excluding hydrogens is 488 g/mol. The molecule has 3 aromatic carbocycles. The van der Waals surface area contributed by atoms with Crippen LogP contribution >= 0.6 is 0 Å². The van der Waals surface area contributed by atoms with Crippen molar-refractivity contribution in [1.82, 2.24) is 9.97 Å². The van der Waals surface area contributed by atoms with Gasteiger partial charge < -0.3 is 10.1 Å². The fourth-order valence-corrected chi connectivity index (χ4v) is 5.26. The van der Waals surface area contributed by atoms with E-state index in [-0.39, 0.29) is 10.8 Å². The van der Waals surface area contributed by atoms with Crippen LogP contribution in [-0.4, -0.2) is 15.1 Å². The van der Waals surface area contributed by atoms with E-state index >= 15 is 0 Å². The predicted octanol–water partition coefficient (Wildman–Crippen LogP) is 10.7. The highest BCUT2D eigenvalue weighted by Crippen LogP contribution is 2.43. The van der Waals surface area contributed by atoms with E-state index in [9.17, 15) is 5.11 Å². The van der Waals surface area contributed by atoms with E-state index in [4.69, 9.17) is 4.98 Å². The van der Waals surface area contributed by atoms with Crippen molar-refractivity contribution in [3.8, 4) is 39.7 Å². The quantitative estimate of drug-likeness (QED) is 0.247. The summed E-state index contributed by atoms with van der Waals surface area (Å²) in [5.41, 5.74) is 9.33. The van der Waals surface area contributed by atoms with E-state index in [0.717, 1.165) is 57.9 Å². The Hall–Kier alpha value is -3.33. The summed E-state index contributed by atoms with van der Waals surface area (Å²) in [6.07, 6.45) is 2.24. The Labute approximate surface area is 242 Å². The lowest BCUT2D eigenvalue weighted by molar-refractivity contribution is 0.423. The van der Waals surface area contributed by atoms with Crippen LogP contribution < -0.4 is 0 Å². The van der Waals surface area contributed by atoms with Gasteiger partial charge in [0.05, 0.1) is 11.4 Å². The van der Waals surface area contributed by atoms with Gasteiger partial charge in [0.25, 0.3) is 0 Å². The van der Waals surface area contributed by atoms with Crippen LogP contribution in [0.15, 0.2) is 60.7 Å². The van der Waals surface area contributed by atoms with Gasteiger partial charge in [0.2, 0.25) is 0 Å². The number of phenols is 1. The number of aromatic amines is 1. The topological polar surface area (TPSA) is 48.9 Å². The van der Waals surface area contributed by atoms with Crippen molar-refractivity contribution >= 4 is 0 Å². The lowest BCUT2D eigenvalue weighted by Crippen LogP contribution is -2.17. The van der Waals surface area contributed by atoms with Crippen molar-refractivity contribution < 1.29 is 5.11 Å². The van der Waals surface area contributed by atoms with Crippen LogP contribution in [0.3, 0.4) is 0 Å². The second-order valence-electron chi connectivity index (χ2n) is 13.6. The molecule has 1 aromatic heterocycles. The summed E-state index contributed by atoms with van der Waals surface area (Å²) in [6, 6.07) is 22.0. The Morgan fingerprint density at radius 2 is 1.10 bits per heavy atom. The van der Waals surface area contributed by atoms with E-state index < -0.39 is 0 Å². The molecule has 4 rings (SSSR count). The Bertz CT molecular complexity index is 1340. The van der Waals surface area contributed by atoms with Gasteiger partial charge in [0, 0.05) is 27.8 Å². The third-order valence-corrected chi connectivity index (χ3v) is 8.45. The van der Waals surface area contributed by atoms with E-state index in [1.165, 1.54) is 11.1 Å². The standard InChI is InChI=1S/C37H48N2O/c1-11-23(3)25-13-17-27(18-14-25)32-33(28-19-15-26(16-20-28)24(4)12-2)39-35(38-32)29-21-30(36(5,6)7)34(40)31(22-29)37(8,9)10/h13-24,40H,11-12H2,1-10H3,(H,38,39). The fourth-order valence-electron chi connectivity index (χ4n) is 5.26. The fraction of sp³-hybridized carbons (Fsp3) is 0.432. The molecule has 3 heteroatoms. The van der Waals surface area contributed by atoms with Crippen LogP contribution in [0.2, 0.25) is 0 Å². The zero-order chi connectivity index (χ0) is 29.4. The molecule has 0 spiro atoms. The van der Waals surface area contributed by atoms with E-state index in [1.807, 2.05) is 0 Å². The van der Waals surface area contributed by atoms with Gasteiger partial charge in [-0.2, -0.15) is 0 Å². The normalized spacial score (nSPS) is 13.8. The van der Waals surface area contributed by atoms with Gasteiger partial charge >= 0.3 is 0 Å². The molecule has 0 bridgehead atoms. The molecule has 1 heterocycles. The Morgan fingerprint density at radius 3 is 1.50 bits per heavy atom. The minimum atomic E-state index is -0.212. The average Bonchev–Trinajstić information content (AvgIpc) is 3.36. The first-order chi connectivity index (χ1) is 18.7. The number of rotatable bonds is 7. The van der Waals surface area contributed by atoms with Crippen LogP contribution in [0.1, 0.15) is 116 Å². The molecule has 0 amide bonds. The second kappa shape index (κ2) is 11.3. The van der Waals surface area contributed by atoms with Crippen molar-refractivity contribution in [2.45, 2.75) is 105 Å². The van der Waals surface area contributed by atoms with E-state index in [1.54, 1.807) is 0 Å². The number of aromatic nitrogens is 2. The summed E-state index contributed by atoms with van der Waals surface area (Å²) in [5.74, 6) is 2.26. The van der Waals surface area contributed by atoms with Gasteiger partial charge in [0.15, 0.2) is 0 Å². The first-order valence-corrected chi connectivity index (χ1v) is 14.9. The zero-order valence-electron chi connectivity index (χ0n) is 26.2. The maximum absolute atomic E-state index is 11.3. The lowest BCUT2D eigenvalue weighted by Gasteiger charge is -2.28. The van der Waals surface area contributed by atoms with Crippen molar-refractivity contribution in [3.05, 3.63) is 82.9 Å². The van der Waals surface area contributed by atoms with E-state index in [0.29, 0.717) is 17.6 Å². The number of hydrogen-bond donors (Lipinski definition) is 2. The number of benzene rings is 3. The monoisotopic (exact) mass is 536 g/mol. The number of imidazole rings is 1. The van der Waals surface area contributed by atoms with Crippen molar-refractivity contribution in [2.24, 2.45) is 0 Å². The van der Waals surface area contributed by atoms with Gasteiger partial charge in [-0.15, -0.1) is 0 Å². The predicted molar refractivity (Wildman–Crippen MR) is 171 cm³/mol. The third-order valence-electron chi connectivity index (χ3n) is 8.45. The number of phenolic OH excluding ortho intramolecular Hbond substituents is 1. The number of nitrogens with one attached hydrogen (secondary N) is 1. The number of H-pyrrole nitrogens is 1. The highest BCUT2D eigenvalue weighted by molar-refractivity contribution is 5.82. The molecule has 0 radical (unpaired) electrons. The summed E-state index contributed by atoms with van der Waals surface area (Å²) in [5, 5.41) is 11.3. The van der Waals surface area contributed by atoms with Crippen LogP contribution in [0.25, 0.3) is 33.9 Å². The lowest BCUT2D eigenvalue weighted by atomic mass is 9.78. The van der Waals surface area contributed by atoms with Gasteiger partial charge in [0.1, 0.15) is 11.6 Å². The molecule has 0 saturated carbocycles. The zero-order valence-corrected chi connectivity index (χ0v) is 26.2. The molecule has 0 saturated heterocycles. The maximum Gasteiger partial charge on any atom is 0.138 e. The molecule has 40 heavy (non-hydrogen) atoms. The smallest absolute Gasteiger partial charge is 0.138 e.